The van der Waals surface area contributed by atoms with Crippen molar-refractivity contribution in [2.24, 2.45) is 10.7 Å². The van der Waals surface area contributed by atoms with E-state index in [9.17, 15) is 31.9 Å². The second-order valence-electron chi connectivity index (χ2n) is 9.39. The lowest BCUT2D eigenvalue weighted by molar-refractivity contribution is -0.187. The van der Waals surface area contributed by atoms with Gasteiger partial charge in [0, 0.05) is 31.3 Å². The average molecular weight is 561 g/mol. The Morgan fingerprint density at radius 3 is 2.55 bits per heavy atom. The number of rotatable bonds is 6. The van der Waals surface area contributed by atoms with Crippen molar-refractivity contribution in [3.63, 3.8) is 0 Å². The van der Waals surface area contributed by atoms with Gasteiger partial charge in [0.1, 0.15) is 25.1 Å². The molecule has 0 aromatic heterocycles. The summed E-state index contributed by atoms with van der Waals surface area (Å²) in [5, 5.41) is 8.72. The molecule has 0 radical (unpaired) electrons. The molecule has 1 heterocycles. The molecule has 0 saturated carbocycles. The monoisotopic (exact) mass is 560 g/mol. The van der Waals surface area contributed by atoms with Crippen molar-refractivity contribution >= 4 is 29.2 Å². The van der Waals surface area contributed by atoms with Gasteiger partial charge in [0.2, 0.25) is 23.7 Å². The van der Waals surface area contributed by atoms with Crippen molar-refractivity contribution in [3.8, 4) is 6.19 Å². The van der Waals surface area contributed by atoms with Gasteiger partial charge in [-0.1, -0.05) is 18.2 Å². The van der Waals surface area contributed by atoms with Crippen LogP contribution in [0.3, 0.4) is 0 Å². The van der Waals surface area contributed by atoms with Crippen molar-refractivity contribution < 1.29 is 36.7 Å². The summed E-state index contributed by atoms with van der Waals surface area (Å²) in [4.78, 5) is 46.0. The molecule has 1 fully saturated rings. The van der Waals surface area contributed by atoms with E-state index >= 15 is 0 Å². The van der Waals surface area contributed by atoms with Gasteiger partial charge in [-0.05, 0) is 42.3 Å². The average Bonchev–Trinajstić information content (AvgIpc) is 3.38. The molecule has 2 amide bonds. The minimum absolute atomic E-state index is 0.0994. The number of halogens is 4. The molecule has 2 aromatic rings. The number of Topliss-reactive ketones (excluding diaryl/α,β-unsaturated/α-hetero) is 1. The van der Waals surface area contributed by atoms with Crippen molar-refractivity contribution in [1.82, 2.24) is 9.80 Å². The molecule has 40 heavy (non-hydrogen) atoms. The molecular weight excluding hydrogens is 536 g/mol. The van der Waals surface area contributed by atoms with E-state index in [4.69, 9.17) is 15.7 Å². The van der Waals surface area contributed by atoms with Crippen LogP contribution in [0, 0.1) is 17.3 Å². The first-order chi connectivity index (χ1) is 18.8. The maximum atomic E-state index is 13.6. The lowest BCUT2D eigenvalue weighted by Crippen LogP contribution is -2.51. The smallest absolute Gasteiger partial charge is 0.369 e. The van der Waals surface area contributed by atoms with E-state index in [-0.39, 0.29) is 23.5 Å². The van der Waals surface area contributed by atoms with Gasteiger partial charge in [-0.3, -0.25) is 14.4 Å². The third-order valence-electron chi connectivity index (χ3n) is 6.99. The van der Waals surface area contributed by atoms with Crippen LogP contribution < -0.4 is 10.6 Å². The Bertz CT molecular complexity index is 1420. The second kappa shape index (κ2) is 10.6. The first kappa shape index (κ1) is 28.5. The molecule has 2 aliphatic rings. The molecule has 210 valence electrons. The Morgan fingerprint density at radius 1 is 1.25 bits per heavy atom. The van der Waals surface area contributed by atoms with E-state index in [1.54, 1.807) is 25.4 Å². The molecular formula is C26H24F4N6O4. The molecule has 1 saturated heterocycles. The van der Waals surface area contributed by atoms with Crippen LogP contribution >= 0.6 is 0 Å². The van der Waals surface area contributed by atoms with E-state index in [1.165, 1.54) is 23.1 Å². The Kier molecular flexibility index (Phi) is 7.53. The zero-order valence-electron chi connectivity index (χ0n) is 21.4. The predicted octanol–water partition coefficient (Wildman–Crippen LogP) is 2.17. The molecule has 2 atom stereocenters. The van der Waals surface area contributed by atoms with E-state index < -0.39 is 61.1 Å². The van der Waals surface area contributed by atoms with E-state index in [0.717, 1.165) is 24.0 Å². The van der Waals surface area contributed by atoms with Crippen LogP contribution in [-0.4, -0.2) is 65.9 Å². The fraction of sp³-hybridized carbons (Fsp3) is 0.346. The first-order valence-corrected chi connectivity index (χ1v) is 12.0. The number of alkyl halides is 3. The van der Waals surface area contributed by atoms with Gasteiger partial charge < -0.3 is 25.2 Å². The van der Waals surface area contributed by atoms with Crippen molar-refractivity contribution in [1.29, 1.82) is 5.26 Å². The first-order valence-electron chi connectivity index (χ1n) is 12.0. The van der Waals surface area contributed by atoms with Crippen molar-refractivity contribution in [2.45, 2.75) is 37.7 Å². The number of nitriles is 1. The minimum atomic E-state index is -4.77. The fourth-order valence-electron chi connectivity index (χ4n) is 4.67. The fourth-order valence-corrected chi connectivity index (χ4v) is 4.67. The van der Waals surface area contributed by atoms with Crippen LogP contribution in [0.15, 0.2) is 47.5 Å². The summed E-state index contributed by atoms with van der Waals surface area (Å²) in [6.07, 6.45) is -3.38. The standard InChI is InChI=1S/C26H24F4N6O4/c1-15(26(28,29)30)36(11-16-3-5-18(27)6-4-16)22(38)12-35-14-40-25(23(35)39)20-8-7-19(9-17(20)10-21(25)37)34(2)24(32)33-13-31/h3-9,15H,10-12,14H2,1-2H3,(H2,32,33)/t15-,25+/m0/s1. The lowest BCUT2D eigenvalue weighted by Gasteiger charge is -2.32. The molecule has 2 N–H and O–H groups in total. The third kappa shape index (κ3) is 5.07. The number of amides is 2. The van der Waals surface area contributed by atoms with Crippen LogP contribution in [-0.2, 0) is 37.7 Å². The van der Waals surface area contributed by atoms with Gasteiger partial charge in [0.15, 0.2) is 5.78 Å². The van der Waals surface area contributed by atoms with Gasteiger partial charge in [-0.2, -0.15) is 18.4 Å². The molecule has 10 nitrogen and oxygen atoms in total. The molecule has 0 bridgehead atoms. The van der Waals surface area contributed by atoms with Crippen LogP contribution in [0.1, 0.15) is 23.6 Å². The molecule has 1 aliphatic carbocycles. The summed E-state index contributed by atoms with van der Waals surface area (Å²) in [5.74, 6) is -3.17. The maximum absolute atomic E-state index is 13.6. The van der Waals surface area contributed by atoms with Crippen molar-refractivity contribution in [3.05, 3.63) is 65.0 Å². The topological polar surface area (TPSA) is 132 Å². The predicted molar refractivity (Wildman–Crippen MR) is 133 cm³/mol. The number of hydrogen-bond donors (Lipinski definition) is 1. The SMILES string of the molecule is C[C@H](N(Cc1ccc(F)cc1)C(=O)CN1CO[C@]2(C(=O)Cc3cc(N(C)C(N)=NC#N)ccc32)C1=O)C(F)(F)F. The highest BCUT2D eigenvalue weighted by Gasteiger charge is 2.59. The Hall–Kier alpha value is -4.51. The van der Waals surface area contributed by atoms with E-state index in [2.05, 4.69) is 4.99 Å². The van der Waals surface area contributed by atoms with Gasteiger partial charge in [0.05, 0.1) is 0 Å². The number of nitrogens with zero attached hydrogens (tertiary/aromatic N) is 5. The van der Waals surface area contributed by atoms with E-state index in [1.807, 2.05) is 0 Å². The van der Waals surface area contributed by atoms with Gasteiger partial charge in [-0.15, -0.1) is 4.99 Å². The maximum Gasteiger partial charge on any atom is 0.408 e. The Balaban J connectivity index is 1.57. The molecule has 14 heteroatoms. The number of nitrogens with two attached hydrogens (primary N) is 1. The molecule has 1 aliphatic heterocycles. The van der Waals surface area contributed by atoms with Crippen molar-refractivity contribution in [2.75, 3.05) is 25.2 Å². The minimum Gasteiger partial charge on any atom is -0.369 e. The number of aliphatic imine (C=N–C) groups is 1. The highest BCUT2D eigenvalue weighted by Crippen LogP contribution is 2.43. The normalized spacial score (nSPS) is 19.5. The zero-order valence-corrected chi connectivity index (χ0v) is 21.4. The number of carbonyl (C=O) groups excluding carboxylic acids is 3. The summed E-state index contributed by atoms with van der Waals surface area (Å²) >= 11 is 0. The second-order valence-corrected chi connectivity index (χ2v) is 9.39. The summed E-state index contributed by atoms with van der Waals surface area (Å²) in [5.41, 5.74) is 5.14. The summed E-state index contributed by atoms with van der Waals surface area (Å²) < 4.78 is 59.8. The molecule has 2 aromatic carbocycles. The number of fused-ring (bicyclic) bond motifs is 2. The quantitative estimate of drug-likeness (QED) is 0.188. The number of ether oxygens (including phenoxy) is 1. The Labute approximate surface area is 226 Å². The number of benzene rings is 2. The lowest BCUT2D eigenvalue weighted by atomic mass is 9.93. The summed E-state index contributed by atoms with van der Waals surface area (Å²) in [7, 11) is 1.55. The van der Waals surface area contributed by atoms with Gasteiger partial charge >= 0.3 is 6.18 Å². The number of hydrogen-bond acceptors (Lipinski definition) is 6. The third-order valence-corrected chi connectivity index (χ3v) is 6.99. The van der Waals surface area contributed by atoms with Crippen LogP contribution in [0.2, 0.25) is 0 Å². The summed E-state index contributed by atoms with van der Waals surface area (Å²) in [6.45, 7) is -0.939. The van der Waals surface area contributed by atoms with Crippen LogP contribution in [0.4, 0.5) is 23.2 Å². The highest BCUT2D eigenvalue weighted by molar-refractivity contribution is 6.15. The van der Waals surface area contributed by atoms with Crippen LogP contribution in [0.5, 0.6) is 0 Å². The largest absolute Gasteiger partial charge is 0.408 e. The highest BCUT2D eigenvalue weighted by atomic mass is 19.4. The number of carbonyl (C=O) groups is 3. The van der Waals surface area contributed by atoms with Gasteiger partial charge in [0.25, 0.3) is 5.91 Å². The molecule has 4 rings (SSSR count). The molecule has 0 unspecified atom stereocenters. The van der Waals surface area contributed by atoms with Gasteiger partial charge in [-0.25, -0.2) is 4.39 Å². The number of anilines is 1. The summed E-state index contributed by atoms with van der Waals surface area (Å²) in [6, 6.07) is 7.06. The van der Waals surface area contributed by atoms with E-state index in [0.29, 0.717) is 16.2 Å². The Morgan fingerprint density at radius 2 is 1.93 bits per heavy atom. The van der Waals surface area contributed by atoms with Crippen LogP contribution in [0.25, 0.3) is 0 Å². The molecule has 1 spiro atoms. The number of guanidine groups is 1. The number of ketones is 1. The zero-order chi connectivity index (χ0) is 29.4.